The van der Waals surface area contributed by atoms with E-state index >= 15 is 0 Å². The van der Waals surface area contributed by atoms with Gasteiger partial charge in [0.15, 0.2) is 5.82 Å². The number of nitrogens with one attached hydrogen (secondary N) is 1. The number of anilines is 1. The molecule has 16 heavy (non-hydrogen) atoms. The standard InChI is InChI=1S/C10H14N4OS/c1-6(2)9-13-8(5-16-9)4-11-10-12-7(3)14-15-10/h5-6H,4H2,1-3H3,(H,11,12,14). The number of rotatable bonds is 4. The fraction of sp³-hybridized carbons (Fsp3) is 0.500. The second kappa shape index (κ2) is 4.61. The number of aryl methyl sites for hydroxylation is 1. The van der Waals surface area contributed by atoms with Gasteiger partial charge in [-0.15, -0.1) is 11.3 Å². The molecule has 86 valence electrons. The molecule has 2 rings (SSSR count). The third kappa shape index (κ3) is 2.57. The van der Waals surface area contributed by atoms with Crippen LogP contribution in [0.1, 0.15) is 36.3 Å². The van der Waals surface area contributed by atoms with Crippen molar-refractivity contribution in [3.63, 3.8) is 0 Å². The largest absolute Gasteiger partial charge is 0.332 e. The third-order valence-electron chi connectivity index (χ3n) is 2.01. The zero-order valence-corrected chi connectivity index (χ0v) is 10.3. The molecule has 0 atom stereocenters. The molecule has 0 aliphatic heterocycles. The van der Waals surface area contributed by atoms with Crippen LogP contribution in [0.2, 0.25) is 0 Å². The lowest BCUT2D eigenvalue weighted by Gasteiger charge is -1.98. The Balaban J connectivity index is 1.94. The summed E-state index contributed by atoms with van der Waals surface area (Å²) in [5, 5.41) is 9.93. The van der Waals surface area contributed by atoms with Gasteiger partial charge in [-0.2, -0.15) is 4.98 Å². The number of nitrogens with zero attached hydrogens (tertiary/aromatic N) is 3. The molecule has 1 N–H and O–H groups in total. The van der Waals surface area contributed by atoms with Crippen LogP contribution in [0.5, 0.6) is 0 Å². The lowest BCUT2D eigenvalue weighted by molar-refractivity contribution is 0.425. The summed E-state index contributed by atoms with van der Waals surface area (Å²) in [6.07, 6.45) is 0. The van der Waals surface area contributed by atoms with Gasteiger partial charge in [-0.3, -0.25) is 0 Å². The molecular formula is C10H14N4OS. The van der Waals surface area contributed by atoms with Gasteiger partial charge in [0, 0.05) is 11.3 Å². The summed E-state index contributed by atoms with van der Waals surface area (Å²) in [6.45, 7) is 6.67. The van der Waals surface area contributed by atoms with Gasteiger partial charge in [0.2, 0.25) is 0 Å². The van der Waals surface area contributed by atoms with Crippen LogP contribution in [0.3, 0.4) is 0 Å². The van der Waals surface area contributed by atoms with Crippen molar-refractivity contribution in [1.29, 1.82) is 0 Å². The molecule has 2 heterocycles. The van der Waals surface area contributed by atoms with Crippen molar-refractivity contribution >= 4 is 17.4 Å². The Labute approximate surface area is 97.9 Å². The summed E-state index contributed by atoms with van der Waals surface area (Å²) in [5.41, 5.74) is 1.00. The number of hydrogen-bond donors (Lipinski definition) is 1. The Morgan fingerprint density at radius 2 is 2.25 bits per heavy atom. The fourth-order valence-corrected chi connectivity index (χ4v) is 2.04. The molecule has 0 bridgehead atoms. The summed E-state index contributed by atoms with van der Waals surface area (Å²) in [4.78, 5) is 8.55. The summed E-state index contributed by atoms with van der Waals surface area (Å²) < 4.78 is 4.94. The van der Waals surface area contributed by atoms with Crippen molar-refractivity contribution in [2.45, 2.75) is 33.2 Å². The van der Waals surface area contributed by atoms with E-state index in [2.05, 4.69) is 34.3 Å². The molecule has 2 aromatic rings. The molecule has 0 spiro atoms. The van der Waals surface area contributed by atoms with E-state index in [1.807, 2.05) is 5.38 Å². The van der Waals surface area contributed by atoms with Gasteiger partial charge < -0.3 is 9.84 Å². The normalized spacial score (nSPS) is 11.0. The molecule has 0 saturated heterocycles. The van der Waals surface area contributed by atoms with E-state index in [-0.39, 0.29) is 0 Å². The Kier molecular flexibility index (Phi) is 3.19. The van der Waals surface area contributed by atoms with Crippen molar-refractivity contribution in [1.82, 2.24) is 15.1 Å². The fourth-order valence-electron chi connectivity index (χ4n) is 1.20. The van der Waals surface area contributed by atoms with Gasteiger partial charge in [-0.05, 0) is 6.92 Å². The summed E-state index contributed by atoms with van der Waals surface area (Å²) in [6, 6.07) is 0.441. The zero-order chi connectivity index (χ0) is 11.5. The van der Waals surface area contributed by atoms with Gasteiger partial charge in [0.05, 0.1) is 17.2 Å². The highest BCUT2D eigenvalue weighted by Gasteiger charge is 2.07. The second-order valence-electron chi connectivity index (χ2n) is 3.83. The molecule has 0 aliphatic rings. The highest BCUT2D eigenvalue weighted by molar-refractivity contribution is 7.09. The Hall–Kier alpha value is -1.43. The summed E-state index contributed by atoms with van der Waals surface area (Å²) in [7, 11) is 0. The SMILES string of the molecule is Cc1noc(NCc2csc(C(C)C)n2)n1. The van der Waals surface area contributed by atoms with E-state index in [0.29, 0.717) is 24.3 Å². The second-order valence-corrected chi connectivity index (χ2v) is 4.72. The lowest BCUT2D eigenvalue weighted by atomic mass is 10.2. The van der Waals surface area contributed by atoms with Crippen LogP contribution in [0.25, 0.3) is 0 Å². The quantitative estimate of drug-likeness (QED) is 0.886. The van der Waals surface area contributed by atoms with Crippen LogP contribution in [0, 0.1) is 6.92 Å². The summed E-state index contributed by atoms with van der Waals surface area (Å²) >= 11 is 1.68. The van der Waals surface area contributed by atoms with Crippen LogP contribution in [-0.4, -0.2) is 15.1 Å². The molecule has 6 heteroatoms. The van der Waals surface area contributed by atoms with Crippen molar-refractivity contribution in [3.05, 3.63) is 21.9 Å². The van der Waals surface area contributed by atoms with E-state index < -0.39 is 0 Å². The van der Waals surface area contributed by atoms with Crippen molar-refractivity contribution < 1.29 is 4.52 Å². The summed E-state index contributed by atoms with van der Waals surface area (Å²) in [5.74, 6) is 1.10. The maximum atomic E-state index is 4.94. The Bertz CT molecular complexity index is 463. The number of aromatic nitrogens is 3. The van der Waals surface area contributed by atoms with Crippen LogP contribution in [-0.2, 0) is 6.54 Å². The van der Waals surface area contributed by atoms with E-state index in [1.165, 1.54) is 0 Å². The van der Waals surface area contributed by atoms with E-state index in [4.69, 9.17) is 4.52 Å². The molecule has 0 aromatic carbocycles. The van der Waals surface area contributed by atoms with E-state index in [1.54, 1.807) is 18.3 Å². The molecule has 0 amide bonds. The van der Waals surface area contributed by atoms with Crippen molar-refractivity contribution in [2.24, 2.45) is 0 Å². The topological polar surface area (TPSA) is 63.8 Å². The number of thiazole rings is 1. The Morgan fingerprint density at radius 1 is 1.44 bits per heavy atom. The van der Waals surface area contributed by atoms with Crippen molar-refractivity contribution in [3.8, 4) is 0 Å². The van der Waals surface area contributed by atoms with Crippen LogP contribution in [0.4, 0.5) is 6.01 Å². The minimum Gasteiger partial charge on any atom is -0.332 e. The molecule has 0 saturated carbocycles. The van der Waals surface area contributed by atoms with Gasteiger partial charge >= 0.3 is 6.01 Å². The van der Waals surface area contributed by atoms with Crippen molar-refractivity contribution in [2.75, 3.05) is 5.32 Å². The molecule has 5 nitrogen and oxygen atoms in total. The smallest absolute Gasteiger partial charge is 0.321 e. The highest BCUT2D eigenvalue weighted by atomic mass is 32.1. The van der Waals surface area contributed by atoms with E-state index in [0.717, 1.165) is 10.7 Å². The average molecular weight is 238 g/mol. The van der Waals surface area contributed by atoms with Gasteiger partial charge in [0.1, 0.15) is 0 Å². The predicted molar refractivity (Wildman–Crippen MR) is 62.6 cm³/mol. The molecule has 0 unspecified atom stereocenters. The third-order valence-corrected chi connectivity index (χ3v) is 3.21. The molecule has 2 aromatic heterocycles. The zero-order valence-electron chi connectivity index (χ0n) is 9.52. The average Bonchev–Trinajstić information content (AvgIpc) is 2.83. The monoisotopic (exact) mass is 238 g/mol. The molecule has 0 radical (unpaired) electrons. The Morgan fingerprint density at radius 3 is 2.81 bits per heavy atom. The minimum absolute atomic E-state index is 0.441. The maximum Gasteiger partial charge on any atom is 0.321 e. The van der Waals surface area contributed by atoms with Crippen LogP contribution in [0.15, 0.2) is 9.90 Å². The van der Waals surface area contributed by atoms with Gasteiger partial charge in [0.25, 0.3) is 0 Å². The molecular weight excluding hydrogens is 224 g/mol. The first-order valence-corrected chi connectivity index (χ1v) is 6.01. The highest BCUT2D eigenvalue weighted by Crippen LogP contribution is 2.19. The predicted octanol–water partition coefficient (Wildman–Crippen LogP) is 2.57. The van der Waals surface area contributed by atoms with E-state index in [9.17, 15) is 0 Å². The van der Waals surface area contributed by atoms with Gasteiger partial charge in [-0.25, -0.2) is 4.98 Å². The van der Waals surface area contributed by atoms with Gasteiger partial charge in [-0.1, -0.05) is 19.0 Å². The molecule has 0 aliphatic carbocycles. The minimum atomic E-state index is 0.441. The first-order valence-electron chi connectivity index (χ1n) is 5.13. The molecule has 0 fully saturated rings. The lowest BCUT2D eigenvalue weighted by Crippen LogP contribution is -2.00. The first kappa shape index (κ1) is 11.1. The van der Waals surface area contributed by atoms with Crippen LogP contribution >= 0.6 is 11.3 Å². The number of hydrogen-bond acceptors (Lipinski definition) is 6. The maximum absolute atomic E-state index is 4.94. The van der Waals surface area contributed by atoms with Crippen LogP contribution < -0.4 is 5.32 Å². The first-order chi connectivity index (χ1) is 7.65.